The number of hydrogen-bond acceptors (Lipinski definition) is 7. The summed E-state index contributed by atoms with van der Waals surface area (Å²) < 4.78 is 5.28. The summed E-state index contributed by atoms with van der Waals surface area (Å²) in [5.41, 5.74) is 1.64. The van der Waals surface area contributed by atoms with Gasteiger partial charge in [-0.3, -0.25) is 29.6 Å². The van der Waals surface area contributed by atoms with Crippen molar-refractivity contribution < 1.29 is 23.9 Å². The molecule has 0 radical (unpaired) electrons. The van der Waals surface area contributed by atoms with Crippen LogP contribution < -0.4 is 10.7 Å². The van der Waals surface area contributed by atoms with E-state index < -0.39 is 11.6 Å². The lowest BCUT2D eigenvalue weighted by atomic mass is 9.82. The van der Waals surface area contributed by atoms with Crippen molar-refractivity contribution in [3.63, 3.8) is 0 Å². The molecule has 3 heterocycles. The molecule has 5 amide bonds. The zero-order valence-electron chi connectivity index (χ0n) is 17.9. The van der Waals surface area contributed by atoms with Gasteiger partial charge in [-0.05, 0) is 12.8 Å². The van der Waals surface area contributed by atoms with E-state index in [0.717, 1.165) is 24.3 Å². The quantitative estimate of drug-likeness (QED) is 0.518. The van der Waals surface area contributed by atoms with Crippen molar-refractivity contribution >= 4 is 23.8 Å². The Kier molecular flexibility index (Phi) is 6.73. The summed E-state index contributed by atoms with van der Waals surface area (Å²) in [6.07, 6.45) is 4.09. The monoisotopic (exact) mass is 436 g/mol. The summed E-state index contributed by atoms with van der Waals surface area (Å²) in [5.74, 6) is -0.615. The lowest BCUT2D eigenvalue weighted by molar-refractivity contribution is -0.140. The average molecular weight is 437 g/mol. The fraction of sp³-hybridized carbons (Fsp3) is 0.800. The Bertz CT molecular complexity index is 711. The van der Waals surface area contributed by atoms with Crippen LogP contribution >= 0.6 is 0 Å². The standard InChI is InChI=1S/C20H32N6O5/c27-16(22-26-18(29)20(21-19(26)30)4-2-1-3-5-20)14-23-6-8-24(9-7-23)15-17(28)25-10-12-31-13-11-25/h1-15H2,(H,21,30)(H,22,27). The summed E-state index contributed by atoms with van der Waals surface area (Å²) >= 11 is 0. The molecule has 11 nitrogen and oxygen atoms in total. The van der Waals surface area contributed by atoms with Crippen LogP contribution in [0.4, 0.5) is 4.79 Å². The summed E-state index contributed by atoms with van der Waals surface area (Å²) in [7, 11) is 0. The molecule has 2 N–H and O–H groups in total. The number of carbonyl (C=O) groups is 4. The van der Waals surface area contributed by atoms with Gasteiger partial charge in [-0.1, -0.05) is 19.3 Å². The molecule has 1 aliphatic carbocycles. The van der Waals surface area contributed by atoms with Gasteiger partial charge in [-0.15, -0.1) is 0 Å². The van der Waals surface area contributed by atoms with Crippen molar-refractivity contribution in [1.82, 2.24) is 30.5 Å². The first-order chi connectivity index (χ1) is 15.0. The first-order valence-electron chi connectivity index (χ1n) is 11.2. The maximum absolute atomic E-state index is 12.8. The zero-order valence-corrected chi connectivity index (χ0v) is 17.9. The highest BCUT2D eigenvalue weighted by molar-refractivity contribution is 6.08. The Balaban J connectivity index is 1.20. The minimum atomic E-state index is -0.846. The topological polar surface area (TPSA) is 115 Å². The van der Waals surface area contributed by atoms with E-state index in [0.29, 0.717) is 71.9 Å². The van der Waals surface area contributed by atoms with Crippen LogP contribution in [0.25, 0.3) is 0 Å². The van der Waals surface area contributed by atoms with Crippen LogP contribution in [0.2, 0.25) is 0 Å². The normalized spacial score (nSPS) is 25.0. The Morgan fingerprint density at radius 2 is 1.52 bits per heavy atom. The van der Waals surface area contributed by atoms with Crippen LogP contribution in [-0.2, 0) is 19.1 Å². The van der Waals surface area contributed by atoms with E-state index in [4.69, 9.17) is 4.74 Å². The number of nitrogens with one attached hydrogen (secondary N) is 2. The number of rotatable bonds is 5. The maximum atomic E-state index is 12.8. The van der Waals surface area contributed by atoms with E-state index in [2.05, 4.69) is 15.6 Å². The van der Waals surface area contributed by atoms with E-state index in [1.807, 2.05) is 9.80 Å². The van der Waals surface area contributed by atoms with Crippen LogP contribution in [-0.4, -0.2) is 115 Å². The first-order valence-corrected chi connectivity index (χ1v) is 11.2. The molecule has 0 aromatic rings. The third-order valence-electron chi connectivity index (χ3n) is 6.66. The minimum absolute atomic E-state index is 0.106. The highest BCUT2D eigenvalue weighted by Crippen LogP contribution is 2.32. The molecule has 1 saturated carbocycles. The van der Waals surface area contributed by atoms with Crippen molar-refractivity contribution in [2.24, 2.45) is 0 Å². The molecule has 4 aliphatic rings. The number of urea groups is 1. The van der Waals surface area contributed by atoms with Crippen LogP contribution in [0.5, 0.6) is 0 Å². The van der Waals surface area contributed by atoms with Crippen molar-refractivity contribution in [3.8, 4) is 0 Å². The Labute approximate surface area is 182 Å². The number of hydrazine groups is 1. The number of piperazine rings is 1. The molecule has 31 heavy (non-hydrogen) atoms. The molecule has 172 valence electrons. The van der Waals surface area contributed by atoms with Crippen LogP contribution in [0, 0.1) is 0 Å². The molecule has 3 aliphatic heterocycles. The second-order valence-electron chi connectivity index (χ2n) is 8.79. The number of ether oxygens (including phenoxy) is 1. The lowest BCUT2D eigenvalue weighted by Gasteiger charge is -2.35. The van der Waals surface area contributed by atoms with Gasteiger partial charge < -0.3 is 15.0 Å². The molecule has 4 fully saturated rings. The SMILES string of the molecule is O=C(CN1CCN(CC(=O)N2CCOCC2)CC1)NN1C(=O)NC2(CCCCC2)C1=O. The lowest BCUT2D eigenvalue weighted by Crippen LogP contribution is -2.55. The summed E-state index contributed by atoms with van der Waals surface area (Å²) in [6, 6.07) is -0.549. The highest BCUT2D eigenvalue weighted by atomic mass is 16.5. The molecule has 1 spiro atoms. The minimum Gasteiger partial charge on any atom is -0.378 e. The van der Waals surface area contributed by atoms with Crippen LogP contribution in [0.15, 0.2) is 0 Å². The zero-order chi connectivity index (χ0) is 21.8. The fourth-order valence-electron chi connectivity index (χ4n) is 4.79. The Morgan fingerprint density at radius 1 is 0.903 bits per heavy atom. The number of morpholine rings is 1. The van der Waals surface area contributed by atoms with Gasteiger partial charge in [0.25, 0.3) is 11.8 Å². The van der Waals surface area contributed by atoms with Gasteiger partial charge in [-0.2, -0.15) is 5.01 Å². The molecule has 0 aromatic heterocycles. The molecule has 0 atom stereocenters. The van der Waals surface area contributed by atoms with Gasteiger partial charge in [0.1, 0.15) is 5.54 Å². The maximum Gasteiger partial charge on any atom is 0.344 e. The Hall–Kier alpha value is -2.24. The Morgan fingerprint density at radius 3 is 2.16 bits per heavy atom. The molecule has 11 heteroatoms. The van der Waals surface area contributed by atoms with E-state index in [9.17, 15) is 19.2 Å². The number of carbonyl (C=O) groups excluding carboxylic acids is 4. The first kappa shape index (κ1) is 22.0. The molecule has 4 rings (SSSR count). The molecule has 0 unspecified atom stereocenters. The molecular weight excluding hydrogens is 404 g/mol. The van der Waals surface area contributed by atoms with E-state index >= 15 is 0 Å². The highest BCUT2D eigenvalue weighted by Gasteiger charge is 2.52. The van der Waals surface area contributed by atoms with Gasteiger partial charge in [0.15, 0.2) is 0 Å². The molecule has 0 aromatic carbocycles. The van der Waals surface area contributed by atoms with Gasteiger partial charge in [-0.25, -0.2) is 4.79 Å². The third-order valence-corrected chi connectivity index (χ3v) is 6.66. The second-order valence-corrected chi connectivity index (χ2v) is 8.79. The van der Waals surface area contributed by atoms with Gasteiger partial charge in [0, 0.05) is 39.3 Å². The van der Waals surface area contributed by atoms with Crippen molar-refractivity contribution in [2.45, 2.75) is 37.6 Å². The van der Waals surface area contributed by atoms with Gasteiger partial charge in [0.05, 0.1) is 26.3 Å². The summed E-state index contributed by atoms with van der Waals surface area (Å²) in [6.45, 7) is 5.62. The number of nitrogens with zero attached hydrogens (tertiary/aromatic N) is 4. The average Bonchev–Trinajstić information content (AvgIpc) is 3.00. The summed E-state index contributed by atoms with van der Waals surface area (Å²) in [4.78, 5) is 55.8. The van der Waals surface area contributed by atoms with E-state index in [1.165, 1.54) is 0 Å². The molecule has 3 saturated heterocycles. The smallest absolute Gasteiger partial charge is 0.344 e. The van der Waals surface area contributed by atoms with Gasteiger partial charge in [0.2, 0.25) is 5.91 Å². The molecular formula is C20H32N6O5. The van der Waals surface area contributed by atoms with E-state index in [-0.39, 0.29) is 24.3 Å². The number of imide groups is 1. The fourth-order valence-corrected chi connectivity index (χ4v) is 4.79. The second kappa shape index (κ2) is 9.49. The van der Waals surface area contributed by atoms with Crippen LogP contribution in [0.3, 0.4) is 0 Å². The third kappa shape index (κ3) is 4.99. The number of amides is 5. The summed E-state index contributed by atoms with van der Waals surface area (Å²) in [5, 5.41) is 3.64. The number of hydrogen-bond donors (Lipinski definition) is 2. The van der Waals surface area contributed by atoms with Crippen molar-refractivity contribution in [3.05, 3.63) is 0 Å². The molecule has 0 bridgehead atoms. The largest absolute Gasteiger partial charge is 0.378 e. The van der Waals surface area contributed by atoms with Gasteiger partial charge >= 0.3 is 6.03 Å². The van der Waals surface area contributed by atoms with Crippen LogP contribution in [0.1, 0.15) is 32.1 Å². The van der Waals surface area contributed by atoms with Crippen molar-refractivity contribution in [1.29, 1.82) is 0 Å². The predicted octanol–water partition coefficient (Wildman–Crippen LogP) is -1.25. The predicted molar refractivity (Wildman–Crippen MR) is 110 cm³/mol. The van der Waals surface area contributed by atoms with E-state index in [1.54, 1.807) is 0 Å². The van der Waals surface area contributed by atoms with Crippen molar-refractivity contribution in [2.75, 3.05) is 65.6 Å².